The Labute approximate surface area is 141 Å². The monoisotopic (exact) mass is 326 g/mol. The second-order valence-electron chi connectivity index (χ2n) is 6.36. The minimum atomic E-state index is -0.0169. The van der Waals surface area contributed by atoms with Crippen molar-refractivity contribution in [3.05, 3.63) is 64.7 Å². The van der Waals surface area contributed by atoms with E-state index in [1.54, 1.807) is 0 Å². The summed E-state index contributed by atoms with van der Waals surface area (Å²) in [5, 5.41) is 0.688. The standard InChI is InChI=1S/C19H19ClN2O/c1-13-4-6-14(7-5-13)18-21-12-2-3-17(21)19(23)22(18)16-10-8-15(20)9-11-16/h4-11,17-18H,2-3,12H2,1H3. The molecule has 23 heavy (non-hydrogen) atoms. The Bertz CT molecular complexity index is 726. The number of benzene rings is 2. The molecule has 0 saturated carbocycles. The third kappa shape index (κ3) is 2.44. The quantitative estimate of drug-likeness (QED) is 0.827. The molecule has 0 aliphatic carbocycles. The van der Waals surface area contributed by atoms with Gasteiger partial charge in [0.05, 0.1) is 6.04 Å². The molecule has 0 N–H and O–H groups in total. The molecule has 2 saturated heterocycles. The van der Waals surface area contributed by atoms with E-state index in [1.165, 1.54) is 11.1 Å². The lowest BCUT2D eigenvalue weighted by Gasteiger charge is -2.30. The molecule has 2 atom stereocenters. The number of hydrogen-bond acceptors (Lipinski definition) is 2. The van der Waals surface area contributed by atoms with E-state index in [9.17, 15) is 4.79 Å². The van der Waals surface area contributed by atoms with E-state index in [2.05, 4.69) is 36.1 Å². The summed E-state index contributed by atoms with van der Waals surface area (Å²) in [4.78, 5) is 17.2. The molecule has 0 radical (unpaired) electrons. The van der Waals surface area contributed by atoms with Gasteiger partial charge in [-0.1, -0.05) is 41.4 Å². The summed E-state index contributed by atoms with van der Waals surface area (Å²) in [5.41, 5.74) is 3.32. The molecule has 2 aromatic rings. The summed E-state index contributed by atoms with van der Waals surface area (Å²) in [6, 6.07) is 16.1. The van der Waals surface area contributed by atoms with Gasteiger partial charge in [0.25, 0.3) is 0 Å². The van der Waals surface area contributed by atoms with Crippen LogP contribution in [-0.2, 0) is 4.79 Å². The predicted octanol–water partition coefficient (Wildman–Crippen LogP) is 4.16. The van der Waals surface area contributed by atoms with Crippen molar-refractivity contribution in [3.8, 4) is 0 Å². The van der Waals surface area contributed by atoms with Crippen molar-refractivity contribution >= 4 is 23.2 Å². The van der Waals surface area contributed by atoms with Gasteiger partial charge in [-0.3, -0.25) is 14.6 Å². The van der Waals surface area contributed by atoms with Crippen LogP contribution < -0.4 is 4.90 Å². The molecule has 2 fully saturated rings. The second kappa shape index (κ2) is 5.66. The van der Waals surface area contributed by atoms with E-state index < -0.39 is 0 Å². The maximum atomic E-state index is 13.0. The van der Waals surface area contributed by atoms with E-state index in [1.807, 2.05) is 29.2 Å². The highest BCUT2D eigenvalue weighted by Crippen LogP contribution is 2.42. The molecule has 2 aromatic carbocycles. The lowest BCUT2D eigenvalue weighted by Crippen LogP contribution is -2.32. The smallest absolute Gasteiger partial charge is 0.246 e. The number of hydrogen-bond donors (Lipinski definition) is 0. The highest BCUT2D eigenvalue weighted by atomic mass is 35.5. The Kier molecular flexibility index (Phi) is 3.63. The van der Waals surface area contributed by atoms with Gasteiger partial charge in [-0.2, -0.15) is 0 Å². The Balaban J connectivity index is 1.79. The van der Waals surface area contributed by atoms with E-state index in [0.29, 0.717) is 5.02 Å². The van der Waals surface area contributed by atoms with E-state index in [0.717, 1.165) is 25.1 Å². The largest absolute Gasteiger partial charge is 0.291 e. The number of halogens is 1. The molecule has 0 aromatic heterocycles. The summed E-state index contributed by atoms with van der Waals surface area (Å²) in [6.07, 6.45) is 2.02. The van der Waals surface area contributed by atoms with E-state index >= 15 is 0 Å². The lowest BCUT2D eigenvalue weighted by molar-refractivity contribution is -0.119. The maximum Gasteiger partial charge on any atom is 0.246 e. The lowest BCUT2D eigenvalue weighted by atomic mass is 10.1. The highest BCUT2D eigenvalue weighted by molar-refractivity contribution is 6.30. The zero-order chi connectivity index (χ0) is 16.0. The molecule has 2 aliphatic heterocycles. The number of fused-ring (bicyclic) bond motifs is 1. The van der Waals surface area contributed by atoms with Crippen molar-refractivity contribution < 1.29 is 4.79 Å². The number of anilines is 1. The van der Waals surface area contributed by atoms with Crippen LogP contribution in [0.15, 0.2) is 48.5 Å². The van der Waals surface area contributed by atoms with Crippen molar-refractivity contribution in [2.45, 2.75) is 32.0 Å². The first-order valence-electron chi connectivity index (χ1n) is 8.06. The van der Waals surface area contributed by atoms with Gasteiger partial charge >= 0.3 is 0 Å². The van der Waals surface area contributed by atoms with Crippen LogP contribution in [0.1, 0.15) is 30.1 Å². The van der Waals surface area contributed by atoms with Gasteiger partial charge in [0.1, 0.15) is 6.17 Å². The third-order valence-electron chi connectivity index (χ3n) is 4.86. The van der Waals surface area contributed by atoms with Gasteiger partial charge in [0.15, 0.2) is 0 Å². The van der Waals surface area contributed by atoms with Gasteiger partial charge in [-0.15, -0.1) is 0 Å². The van der Waals surface area contributed by atoms with Gasteiger partial charge in [0, 0.05) is 17.3 Å². The van der Waals surface area contributed by atoms with Crippen molar-refractivity contribution in [2.24, 2.45) is 0 Å². The SMILES string of the molecule is Cc1ccc(C2N(c3ccc(Cl)cc3)C(=O)C3CCCN32)cc1. The van der Waals surface area contributed by atoms with E-state index in [4.69, 9.17) is 11.6 Å². The van der Waals surface area contributed by atoms with Crippen LogP contribution in [0, 0.1) is 6.92 Å². The summed E-state index contributed by atoms with van der Waals surface area (Å²) >= 11 is 6.01. The topological polar surface area (TPSA) is 23.6 Å². The first-order valence-corrected chi connectivity index (χ1v) is 8.44. The Morgan fingerprint density at radius 3 is 2.43 bits per heavy atom. The molecule has 0 spiro atoms. The first-order chi connectivity index (χ1) is 11.1. The zero-order valence-corrected chi connectivity index (χ0v) is 13.8. The van der Waals surface area contributed by atoms with Crippen LogP contribution in [0.3, 0.4) is 0 Å². The molecule has 2 heterocycles. The zero-order valence-electron chi connectivity index (χ0n) is 13.1. The number of amides is 1. The molecule has 4 heteroatoms. The molecule has 1 amide bonds. The maximum absolute atomic E-state index is 13.0. The Hall–Kier alpha value is -1.84. The third-order valence-corrected chi connectivity index (χ3v) is 5.11. The van der Waals surface area contributed by atoms with Crippen LogP contribution in [0.25, 0.3) is 0 Å². The summed E-state index contributed by atoms with van der Waals surface area (Å²) in [6.45, 7) is 3.05. The molecular formula is C19H19ClN2O. The highest BCUT2D eigenvalue weighted by Gasteiger charge is 2.49. The van der Waals surface area contributed by atoms with Gasteiger partial charge in [-0.05, 0) is 49.6 Å². The van der Waals surface area contributed by atoms with Gasteiger partial charge < -0.3 is 0 Å². The van der Waals surface area contributed by atoms with Crippen LogP contribution >= 0.6 is 11.6 Å². The molecule has 3 nitrogen and oxygen atoms in total. The minimum Gasteiger partial charge on any atom is -0.291 e. The summed E-state index contributed by atoms with van der Waals surface area (Å²) < 4.78 is 0. The van der Waals surface area contributed by atoms with Crippen molar-refractivity contribution in [2.75, 3.05) is 11.4 Å². The number of carbonyl (C=O) groups excluding carboxylic acids is 1. The molecular weight excluding hydrogens is 308 g/mol. The Morgan fingerprint density at radius 1 is 1.04 bits per heavy atom. The number of carbonyl (C=O) groups is 1. The normalized spacial score (nSPS) is 24.3. The average Bonchev–Trinajstić information content (AvgIpc) is 3.12. The van der Waals surface area contributed by atoms with Crippen molar-refractivity contribution in [1.29, 1.82) is 0 Å². The van der Waals surface area contributed by atoms with Crippen molar-refractivity contribution in [3.63, 3.8) is 0 Å². The number of nitrogens with zero attached hydrogens (tertiary/aromatic N) is 2. The van der Waals surface area contributed by atoms with Gasteiger partial charge in [0.2, 0.25) is 5.91 Å². The molecule has 2 aliphatic rings. The van der Waals surface area contributed by atoms with Gasteiger partial charge in [-0.25, -0.2) is 0 Å². The molecule has 2 unspecified atom stereocenters. The number of rotatable bonds is 2. The van der Waals surface area contributed by atoms with Crippen LogP contribution in [0.5, 0.6) is 0 Å². The van der Waals surface area contributed by atoms with Crippen LogP contribution in [0.2, 0.25) is 5.02 Å². The minimum absolute atomic E-state index is 0.0111. The Morgan fingerprint density at radius 2 is 1.74 bits per heavy atom. The summed E-state index contributed by atoms with van der Waals surface area (Å²) in [7, 11) is 0. The fourth-order valence-electron chi connectivity index (χ4n) is 3.73. The van der Waals surface area contributed by atoms with Crippen LogP contribution in [0.4, 0.5) is 5.69 Å². The fraction of sp³-hybridized carbons (Fsp3) is 0.316. The first kappa shape index (κ1) is 14.7. The number of aryl methyl sites for hydroxylation is 1. The summed E-state index contributed by atoms with van der Waals surface area (Å²) in [5.74, 6) is 0.204. The van der Waals surface area contributed by atoms with Crippen molar-refractivity contribution in [1.82, 2.24) is 4.90 Å². The van der Waals surface area contributed by atoms with Crippen LogP contribution in [-0.4, -0.2) is 23.4 Å². The molecule has 118 valence electrons. The van der Waals surface area contributed by atoms with E-state index in [-0.39, 0.29) is 18.1 Å². The predicted molar refractivity (Wildman–Crippen MR) is 92.6 cm³/mol. The molecule has 0 bridgehead atoms. The fourth-order valence-corrected chi connectivity index (χ4v) is 3.85. The average molecular weight is 327 g/mol. The molecule has 4 rings (SSSR count). The second-order valence-corrected chi connectivity index (χ2v) is 6.80.